The number of urea groups is 1. The minimum absolute atomic E-state index is 0.0246. The highest BCUT2D eigenvalue weighted by molar-refractivity contribution is 8.13. The SMILES string of the molecule is CSC(=NC1CCc2ccccc2N(Cc2cccc(NC(=O)NC(C)C)c2)C1=O)Nc1ccc(O)cc1. The van der Waals surface area contributed by atoms with E-state index in [4.69, 9.17) is 4.99 Å². The molecule has 1 unspecified atom stereocenters. The van der Waals surface area contributed by atoms with Crippen LogP contribution in [0.15, 0.2) is 77.8 Å². The van der Waals surface area contributed by atoms with Gasteiger partial charge in [-0.1, -0.05) is 42.1 Å². The van der Waals surface area contributed by atoms with Gasteiger partial charge < -0.3 is 26.0 Å². The lowest BCUT2D eigenvalue weighted by atomic mass is 10.1. The number of amidine groups is 1. The molecule has 38 heavy (non-hydrogen) atoms. The maximum atomic E-state index is 13.9. The topological polar surface area (TPSA) is 106 Å². The Morgan fingerprint density at radius 3 is 2.55 bits per heavy atom. The molecule has 0 aliphatic carbocycles. The van der Waals surface area contributed by atoms with Crippen LogP contribution in [-0.2, 0) is 17.8 Å². The smallest absolute Gasteiger partial charge is 0.319 e. The molecule has 3 aromatic carbocycles. The highest BCUT2D eigenvalue weighted by atomic mass is 32.2. The second-order valence-electron chi connectivity index (χ2n) is 9.37. The summed E-state index contributed by atoms with van der Waals surface area (Å²) in [6.07, 6.45) is 3.23. The number of phenols is 1. The van der Waals surface area contributed by atoms with Gasteiger partial charge in [0.05, 0.1) is 6.54 Å². The quantitative estimate of drug-likeness (QED) is 0.188. The second kappa shape index (κ2) is 12.5. The Balaban J connectivity index is 1.59. The number of amides is 3. The van der Waals surface area contributed by atoms with Crippen LogP contribution in [-0.4, -0.2) is 40.6 Å². The van der Waals surface area contributed by atoms with Crippen LogP contribution in [0.1, 0.15) is 31.4 Å². The van der Waals surface area contributed by atoms with Crippen molar-refractivity contribution in [2.24, 2.45) is 4.99 Å². The van der Waals surface area contributed by atoms with Crippen molar-refractivity contribution in [2.45, 2.75) is 45.3 Å². The number of hydrogen-bond acceptors (Lipinski definition) is 5. The molecule has 3 amide bonds. The number of hydrogen-bond donors (Lipinski definition) is 4. The number of fused-ring (bicyclic) bond motifs is 1. The molecule has 0 saturated heterocycles. The number of phenolic OH excluding ortho intramolecular Hbond substituents is 1. The molecule has 1 atom stereocenters. The molecule has 3 aromatic rings. The van der Waals surface area contributed by atoms with Crippen LogP contribution in [0.4, 0.5) is 21.9 Å². The van der Waals surface area contributed by atoms with E-state index in [1.165, 1.54) is 11.8 Å². The van der Waals surface area contributed by atoms with E-state index >= 15 is 0 Å². The lowest BCUT2D eigenvalue weighted by Gasteiger charge is -2.25. The molecule has 0 fully saturated rings. The fourth-order valence-electron chi connectivity index (χ4n) is 4.29. The van der Waals surface area contributed by atoms with Crippen LogP contribution < -0.4 is 20.9 Å². The van der Waals surface area contributed by atoms with Gasteiger partial charge in [0.25, 0.3) is 5.91 Å². The first-order valence-corrected chi connectivity index (χ1v) is 13.8. The number of carbonyl (C=O) groups is 2. The van der Waals surface area contributed by atoms with Crippen molar-refractivity contribution in [1.29, 1.82) is 0 Å². The fraction of sp³-hybridized carbons (Fsp3) is 0.276. The summed E-state index contributed by atoms with van der Waals surface area (Å²) in [5, 5.41) is 19.1. The first-order chi connectivity index (χ1) is 18.3. The van der Waals surface area contributed by atoms with Crippen LogP contribution in [0.2, 0.25) is 0 Å². The molecule has 0 bridgehead atoms. The third-order valence-electron chi connectivity index (χ3n) is 6.05. The van der Waals surface area contributed by atoms with Crippen LogP contribution in [0.5, 0.6) is 5.75 Å². The number of nitrogens with one attached hydrogen (secondary N) is 3. The molecular weight excluding hydrogens is 498 g/mol. The normalized spacial score (nSPS) is 15.6. The number of anilines is 3. The van der Waals surface area contributed by atoms with Gasteiger partial charge in [-0.3, -0.25) is 4.79 Å². The third kappa shape index (κ3) is 7.07. The average molecular weight is 532 g/mol. The second-order valence-corrected chi connectivity index (χ2v) is 10.2. The van der Waals surface area contributed by atoms with Crippen LogP contribution in [0.3, 0.4) is 0 Å². The van der Waals surface area contributed by atoms with Gasteiger partial charge in [-0.15, -0.1) is 0 Å². The van der Waals surface area contributed by atoms with E-state index in [-0.39, 0.29) is 23.7 Å². The summed E-state index contributed by atoms with van der Waals surface area (Å²) in [6, 6.07) is 21.4. The van der Waals surface area contributed by atoms with Gasteiger partial charge in [-0.2, -0.15) is 0 Å². The van der Waals surface area contributed by atoms with E-state index in [0.29, 0.717) is 23.8 Å². The molecule has 198 valence electrons. The van der Waals surface area contributed by atoms with Gasteiger partial charge in [0, 0.05) is 23.1 Å². The van der Waals surface area contributed by atoms with Crippen LogP contribution in [0, 0.1) is 0 Å². The molecule has 9 heteroatoms. The molecule has 8 nitrogen and oxygen atoms in total. The molecule has 1 heterocycles. The molecule has 4 N–H and O–H groups in total. The van der Waals surface area contributed by atoms with Crippen molar-refractivity contribution in [3.63, 3.8) is 0 Å². The molecule has 0 spiro atoms. The number of carbonyl (C=O) groups excluding carboxylic acids is 2. The minimum atomic E-state index is -0.562. The van der Waals surface area contributed by atoms with Gasteiger partial charge in [0.15, 0.2) is 5.17 Å². The Morgan fingerprint density at radius 2 is 1.82 bits per heavy atom. The predicted octanol–water partition coefficient (Wildman–Crippen LogP) is 5.60. The standard InChI is InChI=1S/C29H33N5O3S/c1-19(2)30-28(37)31-23-9-6-7-20(17-23)18-34-26-10-5-4-8-21(26)11-16-25(27(34)36)33-29(38-3)32-22-12-14-24(35)15-13-22/h4-10,12-15,17,19,25,35H,11,16,18H2,1-3H3,(H,32,33)(H2,30,31,37). The van der Waals surface area contributed by atoms with Crippen molar-refractivity contribution >= 4 is 45.9 Å². The van der Waals surface area contributed by atoms with Gasteiger partial charge in [0.2, 0.25) is 0 Å². The van der Waals surface area contributed by atoms with Crippen LogP contribution in [0.25, 0.3) is 0 Å². The lowest BCUT2D eigenvalue weighted by Crippen LogP contribution is -2.38. The molecule has 0 radical (unpaired) electrons. The third-order valence-corrected chi connectivity index (χ3v) is 6.65. The maximum Gasteiger partial charge on any atom is 0.319 e. The predicted molar refractivity (Wildman–Crippen MR) is 156 cm³/mol. The average Bonchev–Trinajstić information content (AvgIpc) is 3.01. The maximum absolute atomic E-state index is 13.9. The van der Waals surface area contributed by atoms with E-state index in [1.807, 2.05) is 62.6 Å². The molecule has 4 rings (SSSR count). The molecule has 0 aromatic heterocycles. The summed E-state index contributed by atoms with van der Waals surface area (Å²) in [7, 11) is 0. The Bertz CT molecular complexity index is 1310. The van der Waals surface area contributed by atoms with E-state index < -0.39 is 6.04 Å². The highest BCUT2D eigenvalue weighted by Gasteiger charge is 2.30. The minimum Gasteiger partial charge on any atom is -0.508 e. The molecular formula is C29H33N5O3S. The van der Waals surface area contributed by atoms with Crippen molar-refractivity contribution in [2.75, 3.05) is 21.8 Å². The van der Waals surface area contributed by atoms with E-state index in [2.05, 4.69) is 22.0 Å². The van der Waals surface area contributed by atoms with Crippen molar-refractivity contribution < 1.29 is 14.7 Å². The van der Waals surface area contributed by atoms with Gasteiger partial charge in [0.1, 0.15) is 11.8 Å². The summed E-state index contributed by atoms with van der Waals surface area (Å²) in [6.45, 7) is 4.16. The molecule has 1 aliphatic heterocycles. The van der Waals surface area contributed by atoms with Gasteiger partial charge in [-0.25, -0.2) is 9.79 Å². The largest absolute Gasteiger partial charge is 0.508 e. The number of aromatic hydroxyl groups is 1. The summed E-state index contributed by atoms with van der Waals surface area (Å²) >= 11 is 1.43. The van der Waals surface area contributed by atoms with E-state index in [9.17, 15) is 14.7 Å². The number of para-hydroxylation sites is 1. The summed E-state index contributed by atoms with van der Waals surface area (Å²) in [4.78, 5) is 32.7. The number of aryl methyl sites for hydroxylation is 1. The number of aliphatic imine (C=N–C) groups is 1. The van der Waals surface area contributed by atoms with Gasteiger partial charge in [-0.05, 0) is 86.5 Å². The molecule has 0 saturated carbocycles. The monoisotopic (exact) mass is 531 g/mol. The zero-order valence-electron chi connectivity index (χ0n) is 21.8. The van der Waals surface area contributed by atoms with Crippen molar-refractivity contribution in [3.8, 4) is 5.75 Å². The number of thioether (sulfide) groups is 1. The summed E-state index contributed by atoms with van der Waals surface area (Å²) in [5.74, 6) is 0.107. The molecule has 1 aliphatic rings. The Labute approximate surface area is 227 Å². The number of benzene rings is 3. The Hall–Kier alpha value is -3.98. The zero-order valence-corrected chi connectivity index (χ0v) is 22.6. The Kier molecular flexibility index (Phi) is 8.91. The van der Waals surface area contributed by atoms with Gasteiger partial charge >= 0.3 is 6.03 Å². The first kappa shape index (κ1) is 27.1. The highest BCUT2D eigenvalue weighted by Crippen LogP contribution is 2.30. The lowest BCUT2D eigenvalue weighted by molar-refractivity contribution is -0.119. The number of nitrogens with zero attached hydrogens (tertiary/aromatic N) is 2. The summed E-state index contributed by atoms with van der Waals surface area (Å²) < 4.78 is 0. The fourth-order valence-corrected chi connectivity index (χ4v) is 4.74. The van der Waals surface area contributed by atoms with Crippen molar-refractivity contribution in [1.82, 2.24) is 5.32 Å². The zero-order chi connectivity index (χ0) is 27.1. The van der Waals surface area contributed by atoms with Crippen molar-refractivity contribution in [3.05, 3.63) is 83.9 Å². The Morgan fingerprint density at radius 1 is 1.05 bits per heavy atom. The summed E-state index contributed by atoms with van der Waals surface area (Å²) in [5.41, 5.74) is 4.31. The van der Waals surface area contributed by atoms with Crippen LogP contribution >= 0.6 is 11.8 Å². The number of rotatable bonds is 6. The first-order valence-electron chi connectivity index (χ1n) is 12.6. The van der Waals surface area contributed by atoms with E-state index in [1.54, 1.807) is 29.2 Å². The van der Waals surface area contributed by atoms with E-state index in [0.717, 1.165) is 28.9 Å².